The zero-order valence-electron chi connectivity index (χ0n) is 9.98. The lowest BCUT2D eigenvalue weighted by molar-refractivity contribution is 0.0943. The molecule has 1 rings (SSSR count). The molecule has 17 heavy (non-hydrogen) atoms. The zero-order valence-corrected chi connectivity index (χ0v) is 10.7. The van der Waals surface area contributed by atoms with Crippen LogP contribution in [0.3, 0.4) is 0 Å². The Morgan fingerprint density at radius 1 is 1.59 bits per heavy atom. The highest BCUT2D eigenvalue weighted by atomic mass is 35.5. The molecule has 0 saturated carbocycles. The van der Waals surface area contributed by atoms with Crippen LogP contribution in [0.1, 0.15) is 17.3 Å². The molecule has 90 valence electrons. The third-order valence-electron chi connectivity index (χ3n) is 2.37. The first-order chi connectivity index (χ1) is 8.02. The minimum absolute atomic E-state index is 0.0140. The number of carbonyl (C=O) groups is 1. The largest absolute Gasteiger partial charge is 0.298 e. The number of nitriles is 1. The van der Waals surface area contributed by atoms with Crippen molar-refractivity contribution >= 4 is 17.4 Å². The van der Waals surface area contributed by atoms with E-state index >= 15 is 0 Å². The molecule has 0 heterocycles. The predicted molar refractivity (Wildman–Crippen MR) is 68.1 cm³/mol. The SMILES string of the molecule is CC(C#N)CN(C)CC(=O)c1cccc(Cl)c1. The van der Waals surface area contributed by atoms with Gasteiger partial charge in [0.2, 0.25) is 0 Å². The van der Waals surface area contributed by atoms with Crippen LogP contribution >= 0.6 is 11.6 Å². The quantitative estimate of drug-likeness (QED) is 0.755. The second kappa shape index (κ2) is 6.39. The lowest BCUT2D eigenvalue weighted by atomic mass is 10.1. The maximum absolute atomic E-state index is 11.9. The van der Waals surface area contributed by atoms with E-state index in [1.165, 1.54) is 0 Å². The number of Topliss-reactive ketones (excluding diaryl/α,β-unsaturated/α-hetero) is 1. The van der Waals surface area contributed by atoms with Crippen LogP contribution in [-0.2, 0) is 0 Å². The monoisotopic (exact) mass is 250 g/mol. The van der Waals surface area contributed by atoms with E-state index in [-0.39, 0.29) is 11.7 Å². The van der Waals surface area contributed by atoms with Crippen LogP contribution < -0.4 is 0 Å². The summed E-state index contributed by atoms with van der Waals surface area (Å²) in [7, 11) is 1.83. The fraction of sp³-hybridized carbons (Fsp3) is 0.385. The molecule has 0 aliphatic carbocycles. The normalized spacial score (nSPS) is 12.2. The van der Waals surface area contributed by atoms with Crippen molar-refractivity contribution in [2.75, 3.05) is 20.1 Å². The summed E-state index contributed by atoms with van der Waals surface area (Å²) >= 11 is 5.82. The molecule has 4 heteroatoms. The summed E-state index contributed by atoms with van der Waals surface area (Å²) in [4.78, 5) is 13.7. The second-order valence-electron chi connectivity index (χ2n) is 4.16. The number of likely N-dealkylation sites (N-methyl/N-ethyl adjacent to an activating group) is 1. The fourth-order valence-electron chi connectivity index (χ4n) is 1.57. The maximum atomic E-state index is 11.9. The van der Waals surface area contributed by atoms with Gasteiger partial charge in [0, 0.05) is 17.1 Å². The van der Waals surface area contributed by atoms with Gasteiger partial charge >= 0.3 is 0 Å². The highest BCUT2D eigenvalue weighted by Crippen LogP contribution is 2.11. The van der Waals surface area contributed by atoms with Gasteiger partial charge in [0.05, 0.1) is 18.5 Å². The van der Waals surface area contributed by atoms with Crippen molar-refractivity contribution < 1.29 is 4.79 Å². The molecule has 1 aromatic rings. The number of hydrogen-bond donors (Lipinski definition) is 0. The molecular formula is C13H15ClN2O. The van der Waals surface area contributed by atoms with Crippen LogP contribution in [0.2, 0.25) is 5.02 Å². The van der Waals surface area contributed by atoms with Crippen molar-refractivity contribution in [2.24, 2.45) is 5.92 Å². The minimum Gasteiger partial charge on any atom is -0.298 e. The van der Waals surface area contributed by atoms with Gasteiger partial charge in [0.1, 0.15) is 0 Å². The molecule has 0 radical (unpaired) electrons. The summed E-state index contributed by atoms with van der Waals surface area (Å²) in [5.41, 5.74) is 0.606. The lowest BCUT2D eigenvalue weighted by Gasteiger charge is -2.16. The van der Waals surface area contributed by atoms with E-state index < -0.39 is 0 Å². The van der Waals surface area contributed by atoms with E-state index in [1.54, 1.807) is 24.3 Å². The molecule has 1 atom stereocenters. The standard InChI is InChI=1S/C13H15ClN2O/c1-10(7-15)8-16(2)9-13(17)11-4-3-5-12(14)6-11/h3-6,10H,8-9H2,1-2H3. The van der Waals surface area contributed by atoms with Crippen LogP contribution in [0.5, 0.6) is 0 Å². The molecule has 0 aromatic heterocycles. The molecule has 0 aliphatic rings. The molecule has 0 fully saturated rings. The van der Waals surface area contributed by atoms with Gasteiger partial charge in [-0.25, -0.2) is 0 Å². The van der Waals surface area contributed by atoms with Gasteiger partial charge in [0.15, 0.2) is 5.78 Å². The van der Waals surface area contributed by atoms with Gasteiger partial charge in [-0.3, -0.25) is 9.69 Å². The molecule has 1 aromatic carbocycles. The summed E-state index contributed by atoms with van der Waals surface area (Å²) in [6.45, 7) is 2.72. The number of carbonyl (C=O) groups excluding carboxylic acids is 1. The maximum Gasteiger partial charge on any atom is 0.176 e. The van der Waals surface area contributed by atoms with Gasteiger partial charge in [-0.1, -0.05) is 23.7 Å². The van der Waals surface area contributed by atoms with Crippen molar-refractivity contribution in [2.45, 2.75) is 6.92 Å². The summed E-state index contributed by atoms with van der Waals surface area (Å²) in [6, 6.07) is 9.04. The van der Waals surface area contributed by atoms with E-state index in [9.17, 15) is 4.79 Å². The first-order valence-electron chi connectivity index (χ1n) is 5.40. The first kappa shape index (κ1) is 13.7. The van der Waals surface area contributed by atoms with Crippen LogP contribution in [0, 0.1) is 17.2 Å². The zero-order chi connectivity index (χ0) is 12.8. The third kappa shape index (κ3) is 4.56. The molecule has 0 bridgehead atoms. The average molecular weight is 251 g/mol. The number of rotatable bonds is 5. The average Bonchev–Trinajstić information content (AvgIpc) is 2.28. The Labute approximate surface area is 107 Å². The Kier molecular flexibility index (Phi) is 5.14. The van der Waals surface area contributed by atoms with Gasteiger partial charge in [-0.2, -0.15) is 5.26 Å². The highest BCUT2D eigenvalue weighted by molar-refractivity contribution is 6.31. The summed E-state index contributed by atoms with van der Waals surface area (Å²) in [5, 5.41) is 9.25. The molecule has 0 N–H and O–H groups in total. The van der Waals surface area contributed by atoms with Crippen LogP contribution in [0.4, 0.5) is 0 Å². The van der Waals surface area contributed by atoms with E-state index in [1.807, 2.05) is 18.9 Å². The summed E-state index contributed by atoms with van der Waals surface area (Å²) in [5.74, 6) is -0.0627. The van der Waals surface area contributed by atoms with Gasteiger partial charge in [-0.15, -0.1) is 0 Å². The number of hydrogen-bond acceptors (Lipinski definition) is 3. The predicted octanol–water partition coefficient (Wildman–Crippen LogP) is 2.61. The fourth-order valence-corrected chi connectivity index (χ4v) is 1.76. The molecule has 0 spiro atoms. The van der Waals surface area contributed by atoms with Crippen LogP contribution in [0.25, 0.3) is 0 Å². The van der Waals surface area contributed by atoms with Gasteiger partial charge < -0.3 is 0 Å². The summed E-state index contributed by atoms with van der Waals surface area (Å²) in [6.07, 6.45) is 0. The Morgan fingerprint density at radius 2 is 2.29 bits per heavy atom. The van der Waals surface area contributed by atoms with Crippen molar-refractivity contribution in [1.82, 2.24) is 4.90 Å². The lowest BCUT2D eigenvalue weighted by Crippen LogP contribution is -2.29. The summed E-state index contributed by atoms with van der Waals surface area (Å²) < 4.78 is 0. The number of nitrogens with zero attached hydrogens (tertiary/aromatic N) is 2. The Bertz CT molecular complexity index is 439. The number of halogens is 1. The van der Waals surface area contributed by atoms with E-state index in [0.717, 1.165) is 0 Å². The van der Waals surface area contributed by atoms with Crippen molar-refractivity contribution in [1.29, 1.82) is 5.26 Å². The number of benzene rings is 1. The van der Waals surface area contributed by atoms with Gasteiger partial charge in [0.25, 0.3) is 0 Å². The molecule has 1 unspecified atom stereocenters. The highest BCUT2D eigenvalue weighted by Gasteiger charge is 2.11. The van der Waals surface area contributed by atoms with E-state index in [4.69, 9.17) is 16.9 Å². The number of ketones is 1. The van der Waals surface area contributed by atoms with Crippen LogP contribution in [0.15, 0.2) is 24.3 Å². The Balaban J connectivity index is 2.58. The molecule has 3 nitrogen and oxygen atoms in total. The molecular weight excluding hydrogens is 236 g/mol. The third-order valence-corrected chi connectivity index (χ3v) is 2.60. The smallest absolute Gasteiger partial charge is 0.176 e. The van der Waals surface area contributed by atoms with E-state index in [2.05, 4.69) is 6.07 Å². The van der Waals surface area contributed by atoms with Crippen LogP contribution in [-0.4, -0.2) is 30.8 Å². The van der Waals surface area contributed by atoms with E-state index in [0.29, 0.717) is 23.7 Å². The van der Waals surface area contributed by atoms with Crippen molar-refractivity contribution in [3.8, 4) is 6.07 Å². The molecule has 0 saturated heterocycles. The molecule has 0 amide bonds. The Hall–Kier alpha value is -1.37. The Morgan fingerprint density at radius 3 is 2.88 bits per heavy atom. The van der Waals surface area contributed by atoms with Gasteiger partial charge in [-0.05, 0) is 26.1 Å². The minimum atomic E-state index is -0.0767. The molecule has 0 aliphatic heterocycles. The second-order valence-corrected chi connectivity index (χ2v) is 4.60. The first-order valence-corrected chi connectivity index (χ1v) is 5.77. The van der Waals surface area contributed by atoms with Crippen molar-refractivity contribution in [3.05, 3.63) is 34.9 Å². The van der Waals surface area contributed by atoms with Crippen molar-refractivity contribution in [3.63, 3.8) is 0 Å². The topological polar surface area (TPSA) is 44.1 Å².